The van der Waals surface area contributed by atoms with Gasteiger partial charge in [-0.15, -0.1) is 0 Å². The minimum absolute atomic E-state index is 0.120. The average molecular weight is 347 g/mol. The minimum Gasteiger partial charge on any atom is -0.367 e. The molecule has 2 saturated heterocycles. The van der Waals surface area contributed by atoms with Crippen LogP contribution in [0.2, 0.25) is 0 Å². The molecule has 1 aromatic rings. The van der Waals surface area contributed by atoms with Crippen molar-refractivity contribution in [2.75, 3.05) is 37.6 Å². The zero-order chi connectivity index (χ0) is 18.1. The number of halogens is 1. The van der Waals surface area contributed by atoms with Gasteiger partial charge in [-0.1, -0.05) is 0 Å². The molecule has 2 aliphatic heterocycles. The number of carbonyl (C=O) groups excluding carboxylic acids is 3. The van der Waals surface area contributed by atoms with Crippen LogP contribution in [0, 0.1) is 5.82 Å². The third-order valence-electron chi connectivity index (χ3n) is 4.99. The molecular weight excluding hydrogens is 325 g/mol. The van der Waals surface area contributed by atoms with Gasteiger partial charge in [-0.2, -0.15) is 0 Å². The number of piperazine rings is 1. The first-order valence-corrected chi connectivity index (χ1v) is 8.56. The van der Waals surface area contributed by atoms with Crippen molar-refractivity contribution in [3.63, 3.8) is 0 Å². The highest BCUT2D eigenvalue weighted by atomic mass is 19.1. The fourth-order valence-corrected chi connectivity index (χ4v) is 3.54. The first-order chi connectivity index (χ1) is 11.9. The summed E-state index contributed by atoms with van der Waals surface area (Å²) in [4.78, 5) is 40.7. The number of hydrogen-bond acceptors (Lipinski definition) is 5. The molecule has 3 rings (SSSR count). The van der Waals surface area contributed by atoms with E-state index in [0.717, 1.165) is 0 Å². The number of ketones is 1. The Labute approximate surface area is 146 Å². The Bertz CT molecular complexity index is 714. The second-order valence-corrected chi connectivity index (χ2v) is 6.44. The number of hydrogen-bond donors (Lipinski definition) is 0. The Morgan fingerprint density at radius 2 is 1.88 bits per heavy atom. The third-order valence-corrected chi connectivity index (χ3v) is 4.99. The molecule has 2 aliphatic rings. The minimum atomic E-state index is -0.412. The van der Waals surface area contributed by atoms with Crippen molar-refractivity contribution in [3.05, 3.63) is 29.6 Å². The van der Waals surface area contributed by atoms with Crippen LogP contribution in [-0.4, -0.2) is 66.2 Å². The number of benzene rings is 1. The molecule has 2 fully saturated rings. The van der Waals surface area contributed by atoms with E-state index >= 15 is 0 Å². The molecule has 0 N–H and O–H groups in total. The van der Waals surface area contributed by atoms with Gasteiger partial charge in [0.1, 0.15) is 5.82 Å². The Morgan fingerprint density at radius 1 is 1.20 bits per heavy atom. The smallest absolute Gasteiger partial charge is 0.247 e. The van der Waals surface area contributed by atoms with Gasteiger partial charge in [-0.3, -0.25) is 24.2 Å². The Hall–Kier alpha value is -2.28. The molecule has 0 saturated carbocycles. The van der Waals surface area contributed by atoms with E-state index < -0.39 is 5.82 Å². The summed E-state index contributed by atoms with van der Waals surface area (Å²) in [6.45, 7) is 5.93. The van der Waals surface area contributed by atoms with E-state index in [1.807, 2.05) is 9.80 Å². The molecule has 0 bridgehead atoms. The molecule has 0 spiro atoms. The fourth-order valence-electron chi connectivity index (χ4n) is 3.54. The Morgan fingerprint density at radius 3 is 2.40 bits per heavy atom. The van der Waals surface area contributed by atoms with Crippen molar-refractivity contribution in [2.24, 2.45) is 0 Å². The average Bonchev–Trinajstić information content (AvgIpc) is 2.88. The maximum absolute atomic E-state index is 14.3. The number of anilines is 1. The molecule has 134 valence electrons. The number of amides is 2. The van der Waals surface area contributed by atoms with E-state index in [1.54, 1.807) is 19.1 Å². The second-order valence-electron chi connectivity index (χ2n) is 6.44. The topological polar surface area (TPSA) is 60.9 Å². The highest BCUT2D eigenvalue weighted by Crippen LogP contribution is 2.25. The zero-order valence-corrected chi connectivity index (χ0v) is 14.5. The van der Waals surface area contributed by atoms with Gasteiger partial charge in [-0.25, -0.2) is 4.39 Å². The highest BCUT2D eigenvalue weighted by molar-refractivity contribution is 6.05. The number of nitrogens with zero attached hydrogens (tertiary/aromatic N) is 3. The first-order valence-electron chi connectivity index (χ1n) is 8.56. The maximum Gasteiger partial charge on any atom is 0.247 e. The van der Waals surface area contributed by atoms with Crippen LogP contribution in [0.3, 0.4) is 0 Å². The van der Waals surface area contributed by atoms with Crippen molar-refractivity contribution < 1.29 is 18.8 Å². The fraction of sp³-hybridized carbons (Fsp3) is 0.500. The predicted octanol–water partition coefficient (Wildman–Crippen LogP) is 1.30. The molecule has 7 heteroatoms. The largest absolute Gasteiger partial charge is 0.367 e. The number of Topliss-reactive ketones (excluding diaryl/α,β-unsaturated/α-hetero) is 1. The summed E-state index contributed by atoms with van der Waals surface area (Å²) >= 11 is 0. The monoisotopic (exact) mass is 347 g/mol. The molecule has 2 heterocycles. The van der Waals surface area contributed by atoms with Gasteiger partial charge < -0.3 is 4.90 Å². The predicted molar refractivity (Wildman–Crippen MR) is 91.0 cm³/mol. The summed E-state index contributed by atoms with van der Waals surface area (Å²) in [5, 5.41) is 0. The summed E-state index contributed by atoms with van der Waals surface area (Å²) < 4.78 is 14.3. The van der Waals surface area contributed by atoms with Crippen LogP contribution in [0.25, 0.3) is 0 Å². The van der Waals surface area contributed by atoms with E-state index in [4.69, 9.17) is 0 Å². The van der Waals surface area contributed by atoms with Gasteiger partial charge in [0, 0.05) is 38.3 Å². The molecule has 1 aromatic carbocycles. The van der Waals surface area contributed by atoms with Crippen molar-refractivity contribution in [2.45, 2.75) is 26.3 Å². The normalized spacial score (nSPS) is 22.0. The molecule has 2 amide bonds. The van der Waals surface area contributed by atoms with Gasteiger partial charge in [0.2, 0.25) is 11.8 Å². The zero-order valence-electron chi connectivity index (χ0n) is 14.5. The van der Waals surface area contributed by atoms with E-state index in [2.05, 4.69) is 0 Å². The maximum atomic E-state index is 14.3. The van der Waals surface area contributed by atoms with Gasteiger partial charge in [0.05, 0.1) is 18.2 Å². The van der Waals surface area contributed by atoms with Crippen LogP contribution in [0.15, 0.2) is 18.2 Å². The van der Waals surface area contributed by atoms with Gasteiger partial charge in [0.25, 0.3) is 0 Å². The highest BCUT2D eigenvalue weighted by Gasteiger charge is 2.41. The summed E-state index contributed by atoms with van der Waals surface area (Å²) in [6.07, 6.45) is 0.230. The number of rotatable bonds is 4. The summed E-state index contributed by atoms with van der Waals surface area (Å²) in [5.41, 5.74) is 0.822. The Balaban J connectivity index is 1.66. The SMILES string of the molecule is CCN1C(=O)C[C@H](N2CCN(c3ccc(C(C)=O)cc3F)CC2)C1=O. The van der Waals surface area contributed by atoms with Crippen LogP contribution in [-0.2, 0) is 9.59 Å². The number of carbonyl (C=O) groups is 3. The number of likely N-dealkylation sites (tertiary alicyclic amines) is 1. The van der Waals surface area contributed by atoms with E-state index in [1.165, 1.54) is 17.9 Å². The quantitative estimate of drug-likeness (QED) is 0.607. The summed E-state index contributed by atoms with van der Waals surface area (Å²) in [6, 6.07) is 4.14. The van der Waals surface area contributed by atoms with Gasteiger partial charge in [-0.05, 0) is 32.0 Å². The second kappa shape index (κ2) is 6.92. The molecule has 25 heavy (non-hydrogen) atoms. The van der Waals surface area contributed by atoms with Crippen molar-refractivity contribution in [1.29, 1.82) is 0 Å². The lowest BCUT2D eigenvalue weighted by Gasteiger charge is -2.38. The molecule has 0 radical (unpaired) electrons. The number of likely N-dealkylation sites (N-methyl/N-ethyl adjacent to an activating group) is 1. The number of imide groups is 1. The van der Waals surface area contributed by atoms with E-state index in [-0.39, 0.29) is 30.1 Å². The molecule has 6 nitrogen and oxygen atoms in total. The summed E-state index contributed by atoms with van der Waals surface area (Å²) in [5.74, 6) is -0.825. The lowest BCUT2D eigenvalue weighted by molar-refractivity contribution is -0.139. The van der Waals surface area contributed by atoms with E-state index in [9.17, 15) is 18.8 Å². The van der Waals surface area contributed by atoms with Crippen LogP contribution in [0.1, 0.15) is 30.6 Å². The van der Waals surface area contributed by atoms with Crippen molar-refractivity contribution in [1.82, 2.24) is 9.80 Å². The molecule has 0 aromatic heterocycles. The lowest BCUT2D eigenvalue weighted by atomic mass is 10.1. The van der Waals surface area contributed by atoms with Gasteiger partial charge in [0.15, 0.2) is 5.78 Å². The Kier molecular flexibility index (Phi) is 4.85. The van der Waals surface area contributed by atoms with Crippen LogP contribution < -0.4 is 4.90 Å². The first kappa shape index (κ1) is 17.5. The summed E-state index contributed by atoms with van der Waals surface area (Å²) in [7, 11) is 0. The van der Waals surface area contributed by atoms with Gasteiger partial charge >= 0.3 is 0 Å². The van der Waals surface area contributed by atoms with E-state index in [0.29, 0.717) is 44.0 Å². The third kappa shape index (κ3) is 3.28. The molecular formula is C18H22FN3O3. The van der Waals surface area contributed by atoms with Crippen molar-refractivity contribution >= 4 is 23.3 Å². The van der Waals surface area contributed by atoms with Crippen LogP contribution in [0.5, 0.6) is 0 Å². The standard InChI is InChI=1S/C18H22FN3O3/c1-3-22-17(24)11-16(18(22)25)21-8-6-20(7-9-21)15-5-4-13(12(2)23)10-14(15)19/h4-5,10,16H,3,6-9,11H2,1-2H3/t16-/m0/s1. The molecule has 1 atom stereocenters. The van der Waals surface area contributed by atoms with Crippen LogP contribution >= 0.6 is 0 Å². The lowest BCUT2D eigenvalue weighted by Crippen LogP contribution is -2.52. The molecule has 0 unspecified atom stereocenters. The van der Waals surface area contributed by atoms with Crippen LogP contribution in [0.4, 0.5) is 10.1 Å². The molecule has 0 aliphatic carbocycles. The van der Waals surface area contributed by atoms with Crippen molar-refractivity contribution in [3.8, 4) is 0 Å².